The highest BCUT2D eigenvalue weighted by Crippen LogP contribution is 2.38. The Kier molecular flexibility index (Phi) is 5.96. The van der Waals surface area contributed by atoms with E-state index < -0.39 is 17.5 Å². The van der Waals surface area contributed by atoms with Crippen LogP contribution in [0.3, 0.4) is 0 Å². The van der Waals surface area contributed by atoms with Crippen LogP contribution in [0.5, 0.6) is 5.75 Å². The normalized spacial score (nSPS) is 15.9. The Balaban J connectivity index is 1.66. The summed E-state index contributed by atoms with van der Waals surface area (Å²) in [5.74, 6) is 0.139. The highest BCUT2D eigenvalue weighted by atomic mass is 19.4. The lowest BCUT2D eigenvalue weighted by atomic mass is 10.00. The van der Waals surface area contributed by atoms with E-state index in [-0.39, 0.29) is 5.56 Å². The number of benzene rings is 1. The molecule has 0 bridgehead atoms. The number of hydrogen-bond acceptors (Lipinski definition) is 5. The van der Waals surface area contributed by atoms with Crippen LogP contribution >= 0.6 is 0 Å². The zero-order valence-corrected chi connectivity index (χ0v) is 15.0. The predicted molar refractivity (Wildman–Crippen MR) is 94.1 cm³/mol. The molecule has 0 aliphatic carbocycles. The topological polar surface area (TPSA) is 67.3 Å². The number of alkyl halides is 3. The van der Waals surface area contributed by atoms with Gasteiger partial charge < -0.3 is 15.2 Å². The van der Waals surface area contributed by atoms with E-state index in [0.717, 1.165) is 44.4 Å². The number of nitrogens with one attached hydrogen (secondary N) is 1. The average Bonchev–Trinajstić information content (AvgIpc) is 2.62. The van der Waals surface area contributed by atoms with E-state index in [2.05, 4.69) is 15.5 Å². The first kappa shape index (κ1) is 19.6. The van der Waals surface area contributed by atoms with Crippen LogP contribution in [0, 0.1) is 12.8 Å². The van der Waals surface area contributed by atoms with Crippen molar-refractivity contribution in [2.45, 2.75) is 32.5 Å². The van der Waals surface area contributed by atoms with Crippen molar-refractivity contribution in [3.8, 4) is 17.0 Å². The number of nitrogens with zero attached hydrogens (tertiary/aromatic N) is 2. The third-order valence-electron chi connectivity index (χ3n) is 4.70. The number of rotatable bonds is 5. The quantitative estimate of drug-likeness (QED) is 0.827. The van der Waals surface area contributed by atoms with Crippen LogP contribution < -0.4 is 5.32 Å². The fourth-order valence-electron chi connectivity index (χ4n) is 3.21. The van der Waals surface area contributed by atoms with Crippen molar-refractivity contribution in [1.82, 2.24) is 15.5 Å². The number of ether oxygens (including phenoxy) is 1. The van der Waals surface area contributed by atoms with Crippen molar-refractivity contribution in [3.63, 3.8) is 0 Å². The Hall–Kier alpha value is -2.19. The summed E-state index contributed by atoms with van der Waals surface area (Å²) in [4.78, 5) is 0. The number of aromatic nitrogens is 2. The molecule has 1 aliphatic heterocycles. The largest absolute Gasteiger partial charge is 0.507 e. The number of aromatic hydroxyl groups is 1. The summed E-state index contributed by atoms with van der Waals surface area (Å²) in [7, 11) is 0. The maximum Gasteiger partial charge on any atom is 0.416 e. The Morgan fingerprint density at radius 3 is 2.52 bits per heavy atom. The van der Waals surface area contributed by atoms with Gasteiger partial charge in [-0.15, -0.1) is 0 Å². The summed E-state index contributed by atoms with van der Waals surface area (Å²) in [5, 5.41) is 21.6. The molecule has 0 unspecified atom stereocenters. The molecule has 1 aromatic carbocycles. The molecule has 2 heterocycles. The Morgan fingerprint density at radius 1 is 1.19 bits per heavy atom. The lowest BCUT2D eigenvalue weighted by Gasteiger charge is -2.22. The molecule has 1 fully saturated rings. The zero-order chi connectivity index (χ0) is 19.4. The van der Waals surface area contributed by atoms with E-state index in [1.54, 1.807) is 12.1 Å². The Morgan fingerprint density at radius 2 is 1.93 bits per heavy atom. The van der Waals surface area contributed by atoms with Crippen molar-refractivity contribution >= 4 is 0 Å². The molecule has 0 saturated carbocycles. The fourth-order valence-corrected chi connectivity index (χ4v) is 3.21. The molecule has 3 rings (SSSR count). The summed E-state index contributed by atoms with van der Waals surface area (Å²) in [6.07, 6.45) is -2.42. The summed E-state index contributed by atoms with van der Waals surface area (Å²) in [6.45, 7) is 4.55. The van der Waals surface area contributed by atoms with E-state index >= 15 is 0 Å². The molecular weight excluding hydrogens is 359 g/mol. The molecule has 1 aromatic heterocycles. The number of phenolic OH excluding ortho intramolecular Hbond substituents is 1. The van der Waals surface area contributed by atoms with E-state index in [1.807, 2.05) is 0 Å². The minimum absolute atomic E-state index is 0.261. The second kappa shape index (κ2) is 8.22. The first-order chi connectivity index (χ1) is 12.8. The summed E-state index contributed by atoms with van der Waals surface area (Å²) < 4.78 is 43.8. The highest BCUT2D eigenvalue weighted by Gasteiger charge is 2.32. The van der Waals surface area contributed by atoms with Crippen molar-refractivity contribution in [1.29, 1.82) is 0 Å². The summed E-state index contributed by atoms with van der Waals surface area (Å²) in [5.41, 5.74) is 0.740. The number of halogens is 3. The van der Waals surface area contributed by atoms with Gasteiger partial charge in [0.05, 0.1) is 17.0 Å². The average molecular weight is 381 g/mol. The third kappa shape index (κ3) is 4.95. The third-order valence-corrected chi connectivity index (χ3v) is 4.70. The molecule has 0 atom stereocenters. The molecule has 146 valence electrons. The molecule has 0 spiro atoms. The fraction of sp³-hybridized carbons (Fsp3) is 0.474. The Bertz CT molecular complexity index is 750. The minimum Gasteiger partial charge on any atom is -0.507 e. The van der Waals surface area contributed by atoms with Crippen LogP contribution in [0.25, 0.3) is 11.3 Å². The molecular formula is C19H22F3N3O2. The first-order valence-electron chi connectivity index (χ1n) is 8.87. The van der Waals surface area contributed by atoms with Gasteiger partial charge in [0, 0.05) is 25.3 Å². The molecule has 5 nitrogen and oxygen atoms in total. The van der Waals surface area contributed by atoms with Crippen LogP contribution in [-0.2, 0) is 17.5 Å². The molecule has 8 heteroatoms. The maximum absolute atomic E-state index is 12.8. The van der Waals surface area contributed by atoms with Gasteiger partial charge in [-0.25, -0.2) is 0 Å². The van der Waals surface area contributed by atoms with E-state index in [4.69, 9.17) is 4.74 Å². The van der Waals surface area contributed by atoms with Crippen molar-refractivity contribution in [3.05, 3.63) is 41.1 Å². The lowest BCUT2D eigenvalue weighted by Crippen LogP contribution is -2.27. The van der Waals surface area contributed by atoms with E-state index in [0.29, 0.717) is 29.8 Å². The molecule has 27 heavy (non-hydrogen) atoms. The minimum atomic E-state index is -4.51. The predicted octanol–water partition coefficient (Wildman–Crippen LogP) is 3.69. The maximum atomic E-state index is 12.8. The molecule has 2 aromatic rings. The van der Waals surface area contributed by atoms with Gasteiger partial charge >= 0.3 is 6.18 Å². The smallest absolute Gasteiger partial charge is 0.416 e. The van der Waals surface area contributed by atoms with Crippen LogP contribution in [0.15, 0.2) is 24.3 Å². The van der Waals surface area contributed by atoms with Crippen molar-refractivity contribution in [2.24, 2.45) is 5.92 Å². The molecule has 0 radical (unpaired) electrons. The van der Waals surface area contributed by atoms with Gasteiger partial charge in [0.1, 0.15) is 5.75 Å². The lowest BCUT2D eigenvalue weighted by molar-refractivity contribution is -0.137. The molecule has 2 N–H and O–H groups in total. The molecule has 1 aliphatic rings. The summed E-state index contributed by atoms with van der Waals surface area (Å²) >= 11 is 0. The van der Waals surface area contributed by atoms with Gasteiger partial charge in [0.15, 0.2) is 0 Å². The van der Waals surface area contributed by atoms with Crippen LogP contribution in [-0.4, -0.2) is 35.1 Å². The SMILES string of the molecule is Cc1cc(C(F)(F)F)cc(O)c1-c1ccc(CNCC2CCOCC2)nn1. The van der Waals surface area contributed by atoms with Gasteiger partial charge in [-0.3, -0.25) is 0 Å². The monoisotopic (exact) mass is 381 g/mol. The zero-order valence-electron chi connectivity index (χ0n) is 15.0. The first-order valence-corrected chi connectivity index (χ1v) is 8.87. The van der Waals surface area contributed by atoms with Gasteiger partial charge in [-0.2, -0.15) is 23.4 Å². The molecule has 1 saturated heterocycles. The molecule has 0 amide bonds. The second-order valence-corrected chi connectivity index (χ2v) is 6.78. The van der Waals surface area contributed by atoms with Crippen LogP contribution in [0.2, 0.25) is 0 Å². The number of hydrogen-bond donors (Lipinski definition) is 2. The second-order valence-electron chi connectivity index (χ2n) is 6.78. The van der Waals surface area contributed by atoms with E-state index in [1.165, 1.54) is 6.92 Å². The van der Waals surface area contributed by atoms with Gasteiger partial charge in [0.25, 0.3) is 0 Å². The van der Waals surface area contributed by atoms with Gasteiger partial charge in [-0.05, 0) is 62.1 Å². The van der Waals surface area contributed by atoms with Gasteiger partial charge in [-0.1, -0.05) is 0 Å². The summed E-state index contributed by atoms with van der Waals surface area (Å²) in [6, 6.07) is 5.14. The highest BCUT2D eigenvalue weighted by molar-refractivity contribution is 5.71. The van der Waals surface area contributed by atoms with E-state index in [9.17, 15) is 18.3 Å². The standard InChI is InChI=1S/C19H22F3N3O2/c1-12-8-14(19(20,21)22)9-17(26)18(12)16-3-2-15(24-25-16)11-23-10-13-4-6-27-7-5-13/h2-3,8-9,13,23,26H,4-7,10-11H2,1H3. The van der Waals surface area contributed by atoms with Crippen LogP contribution in [0.1, 0.15) is 29.7 Å². The number of aryl methyl sites for hydroxylation is 1. The van der Waals surface area contributed by atoms with Crippen molar-refractivity contribution < 1.29 is 23.0 Å². The Labute approximate surface area is 155 Å². The van der Waals surface area contributed by atoms with Gasteiger partial charge in [0.2, 0.25) is 0 Å². The van der Waals surface area contributed by atoms with Crippen LogP contribution in [0.4, 0.5) is 13.2 Å². The number of phenols is 1. The van der Waals surface area contributed by atoms with Crippen molar-refractivity contribution in [2.75, 3.05) is 19.8 Å².